The molecule has 6 heteroatoms. The third kappa shape index (κ3) is 3.34. The predicted octanol–water partition coefficient (Wildman–Crippen LogP) is 1.46. The van der Waals surface area contributed by atoms with E-state index in [2.05, 4.69) is 10.3 Å². The maximum atomic E-state index is 11.9. The van der Waals surface area contributed by atoms with Crippen LogP contribution in [0.25, 0.3) is 0 Å². The molecule has 2 N–H and O–H groups in total. The van der Waals surface area contributed by atoms with Crippen molar-refractivity contribution in [3.8, 4) is 17.9 Å². The lowest BCUT2D eigenvalue weighted by Gasteiger charge is -2.06. The minimum atomic E-state index is -0.540. The van der Waals surface area contributed by atoms with Gasteiger partial charge in [0, 0.05) is 18.8 Å². The first-order chi connectivity index (χ1) is 10.1. The van der Waals surface area contributed by atoms with Gasteiger partial charge in [-0.2, -0.15) is 10.5 Å². The molecule has 0 atom stereocenters. The lowest BCUT2D eigenvalue weighted by Crippen LogP contribution is -2.23. The van der Waals surface area contributed by atoms with Crippen LogP contribution in [0.5, 0.6) is 5.75 Å². The fourth-order valence-electron chi connectivity index (χ4n) is 1.65. The van der Waals surface area contributed by atoms with Crippen LogP contribution in [0.3, 0.4) is 0 Å². The normalized spacial score (nSPS) is 9.43. The Bertz CT molecular complexity index is 755. The van der Waals surface area contributed by atoms with E-state index in [1.807, 2.05) is 12.1 Å². The molecule has 1 heterocycles. The SMILES string of the molecule is N#Cc1ccc(CNC(=O)c2ncc(C#N)cc2O)cc1. The van der Waals surface area contributed by atoms with Crippen molar-refractivity contribution in [2.45, 2.75) is 6.54 Å². The monoisotopic (exact) mass is 278 g/mol. The van der Waals surface area contributed by atoms with Gasteiger partial charge in [-0.25, -0.2) is 4.98 Å². The summed E-state index contributed by atoms with van der Waals surface area (Å²) in [6.45, 7) is 0.242. The lowest BCUT2D eigenvalue weighted by atomic mass is 10.1. The molecule has 6 nitrogen and oxygen atoms in total. The average molecular weight is 278 g/mol. The quantitative estimate of drug-likeness (QED) is 0.883. The summed E-state index contributed by atoms with van der Waals surface area (Å²) in [5, 5.41) is 29.6. The number of benzene rings is 1. The van der Waals surface area contributed by atoms with Gasteiger partial charge in [-0.1, -0.05) is 12.1 Å². The number of hydrogen-bond acceptors (Lipinski definition) is 5. The number of pyridine rings is 1. The number of carbonyl (C=O) groups is 1. The first-order valence-corrected chi connectivity index (χ1v) is 6.00. The topological polar surface area (TPSA) is 110 Å². The Labute approximate surface area is 120 Å². The number of carbonyl (C=O) groups excluding carboxylic acids is 1. The number of hydrogen-bond donors (Lipinski definition) is 2. The first kappa shape index (κ1) is 14.0. The Morgan fingerprint density at radius 3 is 2.43 bits per heavy atom. The molecule has 0 aliphatic carbocycles. The van der Waals surface area contributed by atoms with Gasteiger partial charge in [-0.3, -0.25) is 4.79 Å². The molecule has 0 bridgehead atoms. The fraction of sp³-hybridized carbons (Fsp3) is 0.0667. The fourth-order valence-corrected chi connectivity index (χ4v) is 1.65. The highest BCUT2D eigenvalue weighted by Crippen LogP contribution is 2.15. The average Bonchev–Trinajstić information content (AvgIpc) is 2.52. The summed E-state index contributed by atoms with van der Waals surface area (Å²) in [6, 6.07) is 11.8. The standard InChI is InChI=1S/C15H10N4O2/c16-6-10-1-3-11(4-2-10)8-19-15(21)14-13(20)5-12(7-17)9-18-14/h1-5,9,20H,8H2,(H,19,21). The molecule has 0 aliphatic heterocycles. The van der Waals surface area contributed by atoms with Gasteiger partial charge in [0.25, 0.3) is 5.91 Å². The van der Waals surface area contributed by atoms with Gasteiger partial charge in [0.1, 0.15) is 11.8 Å². The molecule has 102 valence electrons. The first-order valence-electron chi connectivity index (χ1n) is 6.00. The van der Waals surface area contributed by atoms with Crippen LogP contribution in [0.1, 0.15) is 27.2 Å². The largest absolute Gasteiger partial charge is 0.505 e. The minimum Gasteiger partial charge on any atom is -0.505 e. The molecule has 0 unspecified atom stereocenters. The van der Waals surface area contributed by atoms with Crippen molar-refractivity contribution in [1.82, 2.24) is 10.3 Å². The number of nitrogens with zero attached hydrogens (tertiary/aromatic N) is 3. The minimum absolute atomic E-state index is 0.136. The van der Waals surface area contributed by atoms with Crippen LogP contribution in [0.15, 0.2) is 36.5 Å². The number of nitriles is 2. The van der Waals surface area contributed by atoms with Crippen molar-refractivity contribution in [2.75, 3.05) is 0 Å². The number of amides is 1. The number of aromatic nitrogens is 1. The zero-order valence-corrected chi connectivity index (χ0v) is 10.9. The Kier molecular flexibility index (Phi) is 4.13. The second-order valence-corrected chi connectivity index (χ2v) is 4.19. The number of nitrogens with one attached hydrogen (secondary N) is 1. The van der Waals surface area contributed by atoms with E-state index in [0.717, 1.165) is 5.56 Å². The highest BCUT2D eigenvalue weighted by atomic mass is 16.3. The van der Waals surface area contributed by atoms with Crippen LogP contribution >= 0.6 is 0 Å². The van der Waals surface area contributed by atoms with E-state index >= 15 is 0 Å². The molecule has 2 rings (SSSR count). The lowest BCUT2D eigenvalue weighted by molar-refractivity contribution is 0.0943. The van der Waals surface area contributed by atoms with E-state index in [4.69, 9.17) is 10.5 Å². The highest BCUT2D eigenvalue weighted by Gasteiger charge is 2.13. The van der Waals surface area contributed by atoms with Crippen LogP contribution < -0.4 is 5.32 Å². The molecule has 0 fully saturated rings. The van der Waals surface area contributed by atoms with E-state index in [1.165, 1.54) is 12.3 Å². The van der Waals surface area contributed by atoms with E-state index in [0.29, 0.717) is 5.56 Å². The molecule has 1 amide bonds. The molecule has 0 saturated heterocycles. The van der Waals surface area contributed by atoms with Gasteiger partial charge >= 0.3 is 0 Å². The van der Waals surface area contributed by atoms with Crippen molar-refractivity contribution >= 4 is 5.91 Å². The van der Waals surface area contributed by atoms with E-state index in [-0.39, 0.29) is 23.6 Å². The van der Waals surface area contributed by atoms with Crippen LogP contribution in [-0.2, 0) is 6.54 Å². The Hall–Kier alpha value is -3.38. The third-order valence-corrected chi connectivity index (χ3v) is 2.75. The van der Waals surface area contributed by atoms with Gasteiger partial charge in [0.15, 0.2) is 5.69 Å². The van der Waals surface area contributed by atoms with Crippen LogP contribution in [-0.4, -0.2) is 16.0 Å². The highest BCUT2D eigenvalue weighted by molar-refractivity contribution is 5.94. The second kappa shape index (κ2) is 6.18. The van der Waals surface area contributed by atoms with Crippen LogP contribution in [0, 0.1) is 22.7 Å². The molecule has 0 aliphatic rings. The van der Waals surface area contributed by atoms with E-state index < -0.39 is 5.91 Å². The summed E-state index contributed by atoms with van der Waals surface area (Å²) in [6.07, 6.45) is 1.22. The summed E-state index contributed by atoms with van der Waals surface area (Å²) in [5.41, 5.74) is 1.39. The summed E-state index contributed by atoms with van der Waals surface area (Å²) in [7, 11) is 0. The zero-order valence-electron chi connectivity index (χ0n) is 10.9. The zero-order chi connectivity index (χ0) is 15.2. The van der Waals surface area contributed by atoms with Crippen molar-refractivity contribution in [3.05, 3.63) is 58.9 Å². The molecular weight excluding hydrogens is 268 g/mol. The smallest absolute Gasteiger partial charge is 0.274 e. The second-order valence-electron chi connectivity index (χ2n) is 4.19. The van der Waals surface area contributed by atoms with Crippen molar-refractivity contribution in [3.63, 3.8) is 0 Å². The van der Waals surface area contributed by atoms with Crippen molar-refractivity contribution in [2.24, 2.45) is 0 Å². The molecule has 0 saturated carbocycles. The van der Waals surface area contributed by atoms with Crippen molar-refractivity contribution < 1.29 is 9.90 Å². The summed E-state index contributed by atoms with van der Waals surface area (Å²) < 4.78 is 0. The summed E-state index contributed by atoms with van der Waals surface area (Å²) in [5.74, 6) is -0.882. The third-order valence-electron chi connectivity index (χ3n) is 2.75. The maximum absolute atomic E-state index is 11.9. The molecule has 0 spiro atoms. The molecule has 1 aromatic heterocycles. The predicted molar refractivity (Wildman–Crippen MR) is 72.9 cm³/mol. The van der Waals surface area contributed by atoms with E-state index in [1.54, 1.807) is 24.3 Å². The van der Waals surface area contributed by atoms with Gasteiger partial charge in [0.2, 0.25) is 0 Å². The Morgan fingerprint density at radius 2 is 1.86 bits per heavy atom. The van der Waals surface area contributed by atoms with Crippen LogP contribution in [0.4, 0.5) is 0 Å². The Morgan fingerprint density at radius 1 is 1.19 bits per heavy atom. The van der Waals surface area contributed by atoms with Gasteiger partial charge < -0.3 is 10.4 Å². The molecule has 2 aromatic rings. The number of aromatic hydroxyl groups is 1. The Balaban J connectivity index is 2.05. The van der Waals surface area contributed by atoms with Gasteiger partial charge in [-0.05, 0) is 17.7 Å². The maximum Gasteiger partial charge on any atom is 0.274 e. The molecular formula is C15H10N4O2. The molecule has 0 radical (unpaired) electrons. The van der Waals surface area contributed by atoms with Gasteiger partial charge in [-0.15, -0.1) is 0 Å². The summed E-state index contributed by atoms with van der Waals surface area (Å²) >= 11 is 0. The molecule has 1 aromatic carbocycles. The number of rotatable bonds is 3. The van der Waals surface area contributed by atoms with Crippen LogP contribution in [0.2, 0.25) is 0 Å². The van der Waals surface area contributed by atoms with E-state index in [9.17, 15) is 9.90 Å². The van der Waals surface area contributed by atoms with Gasteiger partial charge in [0.05, 0.1) is 17.2 Å². The van der Waals surface area contributed by atoms with Crippen molar-refractivity contribution in [1.29, 1.82) is 10.5 Å². The summed E-state index contributed by atoms with van der Waals surface area (Å²) in [4.78, 5) is 15.7. The molecule has 21 heavy (non-hydrogen) atoms.